The lowest BCUT2D eigenvalue weighted by molar-refractivity contribution is -0.141. The van der Waals surface area contributed by atoms with Crippen molar-refractivity contribution in [2.24, 2.45) is 0 Å². The molecule has 0 aliphatic carbocycles. The molecule has 7 nitrogen and oxygen atoms in total. The number of alkyl halides is 3. The van der Waals surface area contributed by atoms with Gasteiger partial charge in [-0.2, -0.15) is 18.3 Å². The lowest BCUT2D eigenvalue weighted by Crippen LogP contribution is -2.14. The Morgan fingerprint density at radius 1 is 1.15 bits per heavy atom. The zero-order valence-electron chi connectivity index (χ0n) is 13.5. The number of methoxy groups -OCH3 is 1. The largest absolute Gasteiger partial charge is 0.465 e. The molecule has 0 unspecified atom stereocenters. The van der Waals surface area contributed by atoms with E-state index in [0.29, 0.717) is 6.07 Å². The Bertz CT molecular complexity index is 1030. The highest BCUT2D eigenvalue weighted by Crippen LogP contribution is 2.29. The highest BCUT2D eigenvalue weighted by atomic mass is 35.5. The minimum absolute atomic E-state index is 0.0526. The van der Waals surface area contributed by atoms with Crippen molar-refractivity contribution in [2.45, 2.75) is 6.18 Å². The summed E-state index contributed by atoms with van der Waals surface area (Å²) in [7, 11) is 1.23. The van der Waals surface area contributed by atoms with Gasteiger partial charge in [0.2, 0.25) is 0 Å². The summed E-state index contributed by atoms with van der Waals surface area (Å²) in [5.41, 5.74) is -0.870. The topological polar surface area (TPSA) is 85.6 Å². The van der Waals surface area contributed by atoms with Gasteiger partial charge in [-0.25, -0.2) is 14.3 Å². The molecule has 2 aromatic heterocycles. The summed E-state index contributed by atoms with van der Waals surface area (Å²) in [6.45, 7) is 0. The molecule has 0 fully saturated rings. The first-order chi connectivity index (χ1) is 12.7. The molecule has 0 bridgehead atoms. The second-order valence-corrected chi connectivity index (χ2v) is 5.67. The van der Waals surface area contributed by atoms with Gasteiger partial charge >= 0.3 is 12.1 Å². The molecule has 0 saturated carbocycles. The van der Waals surface area contributed by atoms with Gasteiger partial charge in [-0.05, 0) is 24.3 Å². The van der Waals surface area contributed by atoms with Gasteiger partial charge in [0.05, 0.1) is 12.7 Å². The SMILES string of the molecule is COC(=O)c1ccc(C(=O)Nc2cc(Cl)n3nc(C(F)(F)F)cc3n2)cc1. The number of nitrogens with one attached hydrogen (secondary N) is 1. The van der Waals surface area contributed by atoms with Gasteiger partial charge in [-0.15, -0.1) is 0 Å². The molecular formula is C16H10ClF3N4O3. The fraction of sp³-hybridized carbons (Fsp3) is 0.125. The van der Waals surface area contributed by atoms with E-state index in [0.717, 1.165) is 4.52 Å². The number of halogens is 4. The van der Waals surface area contributed by atoms with Gasteiger partial charge < -0.3 is 10.1 Å². The van der Waals surface area contributed by atoms with E-state index in [2.05, 4.69) is 20.1 Å². The summed E-state index contributed by atoms with van der Waals surface area (Å²) < 4.78 is 43.6. The number of rotatable bonds is 3. The lowest BCUT2D eigenvalue weighted by Gasteiger charge is -2.06. The normalized spacial score (nSPS) is 11.4. The van der Waals surface area contributed by atoms with E-state index in [1.165, 1.54) is 37.4 Å². The van der Waals surface area contributed by atoms with E-state index in [4.69, 9.17) is 11.6 Å². The van der Waals surface area contributed by atoms with Crippen molar-refractivity contribution in [3.05, 3.63) is 58.4 Å². The third kappa shape index (κ3) is 3.85. The van der Waals surface area contributed by atoms with Crippen LogP contribution in [0, 0.1) is 0 Å². The number of hydrogen-bond donors (Lipinski definition) is 1. The van der Waals surface area contributed by atoms with Gasteiger partial charge in [0.25, 0.3) is 5.91 Å². The fourth-order valence-electron chi connectivity index (χ4n) is 2.20. The van der Waals surface area contributed by atoms with Crippen molar-refractivity contribution >= 4 is 34.9 Å². The fourth-order valence-corrected chi connectivity index (χ4v) is 2.43. The average molecular weight is 399 g/mol. The van der Waals surface area contributed by atoms with Crippen LogP contribution in [0.25, 0.3) is 5.65 Å². The predicted octanol–water partition coefficient (Wildman–Crippen LogP) is 3.44. The first-order valence-electron chi connectivity index (χ1n) is 7.32. The maximum Gasteiger partial charge on any atom is 0.435 e. The van der Waals surface area contributed by atoms with Crippen LogP contribution in [0.5, 0.6) is 0 Å². The lowest BCUT2D eigenvalue weighted by atomic mass is 10.1. The molecule has 2 heterocycles. The predicted molar refractivity (Wildman–Crippen MR) is 88.7 cm³/mol. The van der Waals surface area contributed by atoms with E-state index in [9.17, 15) is 22.8 Å². The Morgan fingerprint density at radius 3 is 2.37 bits per heavy atom. The number of anilines is 1. The van der Waals surface area contributed by atoms with Gasteiger partial charge in [-0.3, -0.25) is 4.79 Å². The van der Waals surface area contributed by atoms with E-state index in [-0.39, 0.29) is 27.7 Å². The van der Waals surface area contributed by atoms with Crippen molar-refractivity contribution < 1.29 is 27.5 Å². The Kier molecular flexibility index (Phi) is 4.75. The Morgan fingerprint density at radius 2 is 1.78 bits per heavy atom. The monoisotopic (exact) mass is 398 g/mol. The van der Waals surface area contributed by atoms with Crippen molar-refractivity contribution in [3.63, 3.8) is 0 Å². The molecule has 3 rings (SSSR count). The van der Waals surface area contributed by atoms with E-state index < -0.39 is 23.7 Å². The van der Waals surface area contributed by atoms with Gasteiger partial charge in [-0.1, -0.05) is 11.6 Å². The highest BCUT2D eigenvalue weighted by molar-refractivity contribution is 6.30. The first-order valence-corrected chi connectivity index (χ1v) is 7.70. The molecular weight excluding hydrogens is 389 g/mol. The Balaban J connectivity index is 1.85. The third-order valence-corrected chi connectivity index (χ3v) is 3.75. The van der Waals surface area contributed by atoms with Crippen LogP contribution < -0.4 is 5.32 Å². The van der Waals surface area contributed by atoms with E-state index >= 15 is 0 Å². The first kappa shape index (κ1) is 18.6. The number of nitrogens with zero attached hydrogens (tertiary/aromatic N) is 3. The van der Waals surface area contributed by atoms with Crippen molar-refractivity contribution in [1.82, 2.24) is 14.6 Å². The summed E-state index contributed by atoms with van der Waals surface area (Å²) in [4.78, 5) is 27.6. The number of ether oxygens (including phenoxy) is 1. The summed E-state index contributed by atoms with van der Waals surface area (Å²) in [6.07, 6.45) is -4.65. The smallest absolute Gasteiger partial charge is 0.435 e. The van der Waals surface area contributed by atoms with Crippen LogP contribution in [0.4, 0.5) is 19.0 Å². The van der Waals surface area contributed by atoms with Crippen LogP contribution in [-0.4, -0.2) is 33.6 Å². The zero-order valence-corrected chi connectivity index (χ0v) is 14.3. The standard InChI is InChI=1S/C16H10ClF3N4O3/c1-27-15(26)9-4-2-8(3-5-9)14(25)22-12-7-11(17)24-13(21-12)6-10(23-24)16(18,19)20/h2-7H,1H3,(H,21,22,25). The Labute approximate surface area is 154 Å². The van der Waals surface area contributed by atoms with Gasteiger partial charge in [0.15, 0.2) is 11.3 Å². The average Bonchev–Trinajstić information content (AvgIpc) is 3.06. The molecule has 0 saturated heterocycles. The molecule has 0 aliphatic heterocycles. The molecule has 140 valence electrons. The highest BCUT2D eigenvalue weighted by Gasteiger charge is 2.34. The van der Waals surface area contributed by atoms with Crippen molar-refractivity contribution in [3.8, 4) is 0 Å². The minimum Gasteiger partial charge on any atom is -0.465 e. The van der Waals surface area contributed by atoms with Crippen LogP contribution in [-0.2, 0) is 10.9 Å². The van der Waals surface area contributed by atoms with Crippen LogP contribution in [0.2, 0.25) is 5.15 Å². The van der Waals surface area contributed by atoms with Crippen molar-refractivity contribution in [1.29, 1.82) is 0 Å². The minimum atomic E-state index is -4.65. The summed E-state index contributed by atoms with van der Waals surface area (Å²) in [6, 6.07) is 7.47. The van der Waals surface area contributed by atoms with Crippen LogP contribution in [0.1, 0.15) is 26.4 Å². The Hall–Kier alpha value is -3.14. The van der Waals surface area contributed by atoms with E-state index in [1.807, 2.05) is 0 Å². The van der Waals surface area contributed by atoms with Crippen molar-refractivity contribution in [2.75, 3.05) is 12.4 Å². The number of hydrogen-bond acceptors (Lipinski definition) is 5. The number of amides is 1. The molecule has 3 aromatic rings. The number of carbonyl (C=O) groups is 2. The molecule has 0 spiro atoms. The number of aromatic nitrogens is 3. The number of carbonyl (C=O) groups excluding carboxylic acids is 2. The molecule has 27 heavy (non-hydrogen) atoms. The quantitative estimate of drug-likeness (QED) is 0.539. The zero-order chi connectivity index (χ0) is 19.8. The molecule has 1 aromatic carbocycles. The maximum atomic E-state index is 12.8. The van der Waals surface area contributed by atoms with Crippen LogP contribution >= 0.6 is 11.6 Å². The number of benzene rings is 1. The molecule has 0 radical (unpaired) electrons. The summed E-state index contributed by atoms with van der Waals surface area (Å²) >= 11 is 5.92. The summed E-state index contributed by atoms with van der Waals surface area (Å²) in [5.74, 6) is -1.19. The van der Waals surface area contributed by atoms with E-state index in [1.54, 1.807) is 0 Å². The molecule has 0 aliphatic rings. The van der Waals surface area contributed by atoms with Crippen LogP contribution in [0.15, 0.2) is 36.4 Å². The second-order valence-electron chi connectivity index (χ2n) is 5.28. The van der Waals surface area contributed by atoms with Crippen LogP contribution in [0.3, 0.4) is 0 Å². The summed E-state index contributed by atoms with van der Waals surface area (Å²) in [5, 5.41) is 5.61. The van der Waals surface area contributed by atoms with Gasteiger partial charge in [0.1, 0.15) is 11.0 Å². The maximum absolute atomic E-state index is 12.8. The third-order valence-electron chi connectivity index (χ3n) is 3.48. The van der Waals surface area contributed by atoms with Gasteiger partial charge in [0, 0.05) is 17.7 Å². The molecule has 1 amide bonds. The molecule has 1 N–H and O–H groups in total. The number of fused-ring (bicyclic) bond motifs is 1. The molecule has 11 heteroatoms. The number of esters is 1. The molecule has 0 atom stereocenters. The second kappa shape index (κ2) is 6.88.